The van der Waals surface area contributed by atoms with E-state index in [9.17, 15) is 14.7 Å². The quantitative estimate of drug-likeness (QED) is 0.805. The van der Waals surface area contributed by atoms with E-state index in [1.165, 1.54) is 12.1 Å². The number of aromatic carboxylic acids is 1. The van der Waals surface area contributed by atoms with E-state index < -0.39 is 11.9 Å². The van der Waals surface area contributed by atoms with Crippen molar-refractivity contribution in [1.82, 2.24) is 0 Å². The molecule has 1 aromatic carbocycles. The topological polar surface area (TPSA) is 86.6 Å². The zero-order valence-corrected chi connectivity index (χ0v) is 10.8. The maximum Gasteiger partial charge on any atom is 0.338 e. The average molecular weight is 277 g/mol. The Balaban J connectivity index is 2.29. The fourth-order valence-electron chi connectivity index (χ4n) is 1.59. The van der Waals surface area contributed by atoms with Crippen LogP contribution in [0.5, 0.6) is 5.75 Å². The van der Waals surface area contributed by atoms with E-state index in [2.05, 4.69) is 5.32 Å². The van der Waals surface area contributed by atoms with Gasteiger partial charge in [0.2, 0.25) is 0 Å². The van der Waals surface area contributed by atoms with Gasteiger partial charge in [-0.05, 0) is 30.0 Å². The third-order valence-corrected chi connectivity index (χ3v) is 3.43. The molecular weight excluding hydrogens is 266 g/mol. The summed E-state index contributed by atoms with van der Waals surface area (Å²) in [5.74, 6) is -1.75. The van der Waals surface area contributed by atoms with Crippen LogP contribution in [0.3, 0.4) is 0 Å². The van der Waals surface area contributed by atoms with Gasteiger partial charge in [-0.2, -0.15) is 0 Å². The zero-order valence-electron chi connectivity index (χ0n) is 10.0. The van der Waals surface area contributed by atoms with E-state index in [1.807, 2.05) is 0 Å². The average Bonchev–Trinajstić information content (AvgIpc) is 2.80. The second-order valence-electron chi connectivity index (χ2n) is 3.89. The number of anilines is 1. The van der Waals surface area contributed by atoms with Crippen molar-refractivity contribution < 1.29 is 19.8 Å². The molecule has 98 valence electrons. The zero-order chi connectivity index (χ0) is 14.0. The van der Waals surface area contributed by atoms with Crippen molar-refractivity contribution in [2.24, 2.45) is 0 Å². The summed E-state index contributed by atoms with van der Waals surface area (Å²) in [5.41, 5.74) is 0.729. The van der Waals surface area contributed by atoms with Gasteiger partial charge in [0.15, 0.2) is 0 Å². The molecule has 0 aliphatic rings. The van der Waals surface area contributed by atoms with Crippen LogP contribution in [0.25, 0.3) is 0 Å². The van der Waals surface area contributed by atoms with Gasteiger partial charge in [0.1, 0.15) is 10.8 Å². The molecule has 2 rings (SSSR count). The number of hydrogen-bond donors (Lipinski definition) is 3. The third kappa shape index (κ3) is 2.58. The van der Waals surface area contributed by atoms with Gasteiger partial charge in [-0.25, -0.2) is 4.79 Å². The summed E-state index contributed by atoms with van der Waals surface area (Å²) in [6.07, 6.45) is 0. The van der Waals surface area contributed by atoms with Gasteiger partial charge >= 0.3 is 5.97 Å². The Labute approximate surface area is 113 Å². The number of aromatic hydroxyl groups is 1. The van der Waals surface area contributed by atoms with Gasteiger partial charge in [0.25, 0.3) is 5.91 Å². The van der Waals surface area contributed by atoms with Crippen molar-refractivity contribution in [1.29, 1.82) is 0 Å². The first-order valence-corrected chi connectivity index (χ1v) is 6.29. The van der Waals surface area contributed by atoms with Gasteiger partial charge in [0.05, 0.1) is 11.1 Å². The van der Waals surface area contributed by atoms with Gasteiger partial charge < -0.3 is 15.5 Å². The van der Waals surface area contributed by atoms with Gasteiger partial charge in [0, 0.05) is 0 Å². The standard InChI is InChI=1S/C13H11NO4S/c1-7-3-2-4-8(10(7)15)11(16)14-12-9(13(17)18)5-6-19-12/h2-6,15H,1H3,(H,14,16)(H,17,18). The molecule has 1 aromatic heterocycles. The SMILES string of the molecule is Cc1cccc(C(=O)Nc2sccc2C(=O)O)c1O. The number of carbonyl (C=O) groups excluding carboxylic acids is 1. The molecule has 0 aliphatic carbocycles. The molecule has 0 radical (unpaired) electrons. The normalized spacial score (nSPS) is 10.2. The number of rotatable bonds is 3. The van der Waals surface area contributed by atoms with Crippen LogP contribution in [-0.4, -0.2) is 22.1 Å². The Hall–Kier alpha value is -2.34. The smallest absolute Gasteiger partial charge is 0.338 e. The first-order chi connectivity index (χ1) is 9.00. The van der Waals surface area contributed by atoms with Crippen LogP contribution in [-0.2, 0) is 0 Å². The number of nitrogens with one attached hydrogen (secondary N) is 1. The van der Waals surface area contributed by atoms with Crippen molar-refractivity contribution in [2.75, 3.05) is 5.32 Å². The maximum absolute atomic E-state index is 12.0. The molecule has 0 saturated carbocycles. The number of thiophene rings is 1. The summed E-state index contributed by atoms with van der Waals surface area (Å²) >= 11 is 1.12. The number of phenols is 1. The van der Waals surface area contributed by atoms with Crippen molar-refractivity contribution in [3.63, 3.8) is 0 Å². The Morgan fingerprint density at radius 3 is 2.63 bits per heavy atom. The molecule has 0 spiro atoms. The number of hydrogen-bond acceptors (Lipinski definition) is 4. The monoisotopic (exact) mass is 277 g/mol. The Morgan fingerprint density at radius 1 is 1.21 bits per heavy atom. The summed E-state index contributed by atoms with van der Waals surface area (Å²) in [5, 5.41) is 23.1. The van der Waals surface area contributed by atoms with Gasteiger partial charge in [-0.1, -0.05) is 12.1 Å². The Morgan fingerprint density at radius 2 is 1.95 bits per heavy atom. The number of amides is 1. The molecule has 0 aliphatic heterocycles. The number of benzene rings is 1. The number of aryl methyl sites for hydroxylation is 1. The van der Waals surface area contributed by atoms with Crippen molar-refractivity contribution >= 4 is 28.2 Å². The second-order valence-corrected chi connectivity index (χ2v) is 4.81. The molecule has 1 heterocycles. The highest BCUT2D eigenvalue weighted by molar-refractivity contribution is 7.14. The molecule has 6 heteroatoms. The minimum atomic E-state index is -1.11. The van der Waals surface area contributed by atoms with E-state index >= 15 is 0 Å². The van der Waals surface area contributed by atoms with E-state index in [-0.39, 0.29) is 21.9 Å². The van der Waals surface area contributed by atoms with Crippen LogP contribution in [0.15, 0.2) is 29.6 Å². The van der Waals surface area contributed by atoms with Crippen molar-refractivity contribution in [2.45, 2.75) is 6.92 Å². The van der Waals surface area contributed by atoms with E-state index in [4.69, 9.17) is 5.11 Å². The predicted octanol–water partition coefficient (Wildman–Crippen LogP) is 2.71. The van der Waals surface area contributed by atoms with Crippen LogP contribution in [0.4, 0.5) is 5.00 Å². The maximum atomic E-state index is 12.0. The number of phenolic OH excluding ortho intramolecular Hbond substituents is 1. The number of carboxylic acids is 1. The first kappa shape index (κ1) is 13.1. The van der Waals surface area contributed by atoms with Crippen LogP contribution >= 0.6 is 11.3 Å². The molecule has 0 fully saturated rings. The number of carboxylic acid groups (broad SMARTS) is 1. The van der Waals surface area contributed by atoms with Gasteiger partial charge in [-0.3, -0.25) is 4.79 Å². The molecule has 0 unspecified atom stereocenters. The lowest BCUT2D eigenvalue weighted by molar-refractivity contribution is 0.0698. The largest absolute Gasteiger partial charge is 0.507 e. The highest BCUT2D eigenvalue weighted by atomic mass is 32.1. The summed E-state index contributed by atoms with van der Waals surface area (Å²) in [6, 6.07) is 6.22. The lowest BCUT2D eigenvalue weighted by Crippen LogP contribution is -2.13. The molecule has 2 aromatic rings. The lowest BCUT2D eigenvalue weighted by Gasteiger charge is -2.07. The molecule has 0 bridgehead atoms. The minimum Gasteiger partial charge on any atom is -0.507 e. The first-order valence-electron chi connectivity index (χ1n) is 5.41. The Bertz CT molecular complexity index is 648. The minimum absolute atomic E-state index is 0.0329. The summed E-state index contributed by atoms with van der Waals surface area (Å²) < 4.78 is 0. The highest BCUT2D eigenvalue weighted by Crippen LogP contribution is 2.26. The summed E-state index contributed by atoms with van der Waals surface area (Å²) in [7, 11) is 0. The lowest BCUT2D eigenvalue weighted by atomic mass is 10.1. The summed E-state index contributed by atoms with van der Waals surface area (Å²) in [6.45, 7) is 1.68. The van der Waals surface area contributed by atoms with Crippen LogP contribution in [0.1, 0.15) is 26.3 Å². The fourth-order valence-corrected chi connectivity index (χ4v) is 2.36. The Kier molecular flexibility index (Phi) is 3.52. The van der Waals surface area contributed by atoms with Gasteiger partial charge in [-0.15, -0.1) is 11.3 Å². The van der Waals surface area contributed by atoms with Crippen LogP contribution < -0.4 is 5.32 Å². The van der Waals surface area contributed by atoms with E-state index in [0.717, 1.165) is 11.3 Å². The molecule has 5 nitrogen and oxygen atoms in total. The number of para-hydroxylation sites is 1. The second kappa shape index (κ2) is 5.11. The molecule has 19 heavy (non-hydrogen) atoms. The van der Waals surface area contributed by atoms with E-state index in [0.29, 0.717) is 5.56 Å². The third-order valence-electron chi connectivity index (χ3n) is 2.61. The van der Waals surface area contributed by atoms with Crippen LogP contribution in [0, 0.1) is 6.92 Å². The molecule has 0 atom stereocenters. The molecular formula is C13H11NO4S. The fraction of sp³-hybridized carbons (Fsp3) is 0.0769. The molecule has 3 N–H and O–H groups in total. The summed E-state index contributed by atoms with van der Waals surface area (Å²) in [4.78, 5) is 22.9. The highest BCUT2D eigenvalue weighted by Gasteiger charge is 2.17. The number of carbonyl (C=O) groups is 2. The molecule has 0 saturated heterocycles. The van der Waals surface area contributed by atoms with E-state index in [1.54, 1.807) is 24.4 Å². The van der Waals surface area contributed by atoms with Crippen molar-refractivity contribution in [3.05, 3.63) is 46.3 Å². The molecule has 1 amide bonds. The van der Waals surface area contributed by atoms with Crippen LogP contribution in [0.2, 0.25) is 0 Å². The predicted molar refractivity (Wildman–Crippen MR) is 72.1 cm³/mol. The van der Waals surface area contributed by atoms with Crippen molar-refractivity contribution in [3.8, 4) is 5.75 Å².